The molecular weight excluding hydrogens is 556 g/mol. The van der Waals surface area contributed by atoms with Gasteiger partial charge in [0.25, 0.3) is 0 Å². The summed E-state index contributed by atoms with van der Waals surface area (Å²) in [4.78, 5) is 8.81. The molecule has 1 aliphatic heterocycles. The molecule has 0 saturated carbocycles. The normalized spacial score (nSPS) is 14.6. The molecular formula is C20H16Br2S4Si. The van der Waals surface area contributed by atoms with E-state index < -0.39 is 8.07 Å². The molecule has 0 spiro atoms. The van der Waals surface area contributed by atoms with Gasteiger partial charge < -0.3 is 0 Å². The van der Waals surface area contributed by atoms with Crippen LogP contribution in [-0.4, -0.2) is 8.07 Å². The lowest BCUT2D eigenvalue weighted by Crippen LogP contribution is -2.50. The van der Waals surface area contributed by atoms with E-state index in [1.54, 1.807) is 20.1 Å². The monoisotopic (exact) mass is 570 g/mol. The molecule has 0 unspecified atom stereocenters. The summed E-state index contributed by atoms with van der Waals surface area (Å²) in [7, 11) is -1.67. The molecule has 1 aliphatic rings. The summed E-state index contributed by atoms with van der Waals surface area (Å²) in [5.74, 6) is 0. The highest BCUT2D eigenvalue weighted by molar-refractivity contribution is 9.11. The van der Waals surface area contributed by atoms with Crippen molar-refractivity contribution in [2.24, 2.45) is 0 Å². The standard InChI is InChI=1S/C20H16Br2S4Si/c1-9-15(11-5-7-13(21)23-11)25-17-18-20(27(3,4)19(9)17)10(2)16(26-18)12-6-8-14(22)24-12/h5-8H,1-4H3. The van der Waals surface area contributed by atoms with Crippen molar-refractivity contribution in [2.75, 3.05) is 0 Å². The Hall–Kier alpha value is -0.0231. The minimum Gasteiger partial charge on any atom is -0.133 e. The Morgan fingerprint density at radius 2 is 1.04 bits per heavy atom. The van der Waals surface area contributed by atoms with Crippen LogP contribution in [0.1, 0.15) is 11.1 Å². The summed E-state index contributed by atoms with van der Waals surface area (Å²) in [6.45, 7) is 9.77. The number of hydrogen-bond acceptors (Lipinski definition) is 4. The third-order valence-corrected chi connectivity index (χ3v) is 15.8. The molecule has 0 saturated heterocycles. The third kappa shape index (κ3) is 2.73. The van der Waals surface area contributed by atoms with Crippen LogP contribution in [0.15, 0.2) is 31.8 Å². The lowest BCUT2D eigenvalue weighted by atomic mass is 10.2. The second kappa shape index (κ2) is 6.49. The summed E-state index contributed by atoms with van der Waals surface area (Å²) in [6.07, 6.45) is 0. The Kier molecular flexibility index (Phi) is 4.56. The minimum absolute atomic E-state index is 1.21. The summed E-state index contributed by atoms with van der Waals surface area (Å²) >= 11 is 15.0. The predicted octanol–water partition coefficient (Wildman–Crippen LogP) is 8.21. The maximum absolute atomic E-state index is 3.63. The first-order valence-electron chi connectivity index (χ1n) is 8.58. The lowest BCUT2D eigenvalue weighted by molar-refractivity contribution is 1.56. The zero-order valence-corrected chi connectivity index (χ0v) is 22.6. The first-order chi connectivity index (χ1) is 12.8. The topological polar surface area (TPSA) is 0 Å². The highest BCUT2D eigenvalue weighted by Gasteiger charge is 2.44. The molecule has 0 bridgehead atoms. The Bertz CT molecular complexity index is 1110. The number of rotatable bonds is 2. The van der Waals surface area contributed by atoms with Crippen molar-refractivity contribution in [3.05, 3.63) is 43.0 Å². The fraction of sp³-hybridized carbons (Fsp3) is 0.200. The van der Waals surface area contributed by atoms with Crippen molar-refractivity contribution >= 4 is 95.7 Å². The van der Waals surface area contributed by atoms with Crippen LogP contribution in [0.2, 0.25) is 13.1 Å². The van der Waals surface area contributed by atoms with Crippen LogP contribution < -0.4 is 10.4 Å². The summed E-state index contributed by atoms with van der Waals surface area (Å²) in [5.41, 5.74) is 3.04. The molecule has 0 aliphatic carbocycles. The van der Waals surface area contributed by atoms with Crippen LogP contribution in [0, 0.1) is 13.8 Å². The van der Waals surface area contributed by atoms with E-state index in [1.165, 1.54) is 38.2 Å². The molecule has 0 amide bonds. The average Bonchev–Trinajstić information content (AvgIpc) is 3.35. The molecule has 0 N–H and O–H groups in total. The minimum atomic E-state index is -1.67. The summed E-state index contributed by atoms with van der Waals surface area (Å²) in [5, 5.41) is 3.35. The first kappa shape index (κ1) is 19.0. The molecule has 0 nitrogen and oxygen atoms in total. The van der Waals surface area contributed by atoms with Crippen molar-refractivity contribution < 1.29 is 0 Å². The van der Waals surface area contributed by atoms with Gasteiger partial charge in [-0.2, -0.15) is 0 Å². The Morgan fingerprint density at radius 1 is 0.630 bits per heavy atom. The van der Waals surface area contributed by atoms with Crippen LogP contribution in [0.3, 0.4) is 0 Å². The average molecular weight is 573 g/mol. The van der Waals surface area contributed by atoms with Crippen LogP contribution in [0.25, 0.3) is 29.3 Å². The van der Waals surface area contributed by atoms with Crippen molar-refractivity contribution in [3.63, 3.8) is 0 Å². The van der Waals surface area contributed by atoms with Crippen LogP contribution in [0.5, 0.6) is 0 Å². The van der Waals surface area contributed by atoms with Crippen LogP contribution in [-0.2, 0) is 0 Å². The van der Waals surface area contributed by atoms with Gasteiger partial charge in [-0.25, -0.2) is 0 Å². The zero-order valence-electron chi connectivity index (χ0n) is 15.2. The van der Waals surface area contributed by atoms with Gasteiger partial charge in [-0.05, 0) is 91.5 Å². The highest BCUT2D eigenvalue weighted by atomic mass is 79.9. The SMILES string of the molecule is Cc1c(-c2ccc(Br)s2)sc2c1[Si](C)(C)c1c-2sc(-c2ccc(Br)s2)c1C. The van der Waals surface area contributed by atoms with E-state index in [4.69, 9.17) is 0 Å². The highest BCUT2D eigenvalue weighted by Crippen LogP contribution is 2.49. The molecule has 27 heavy (non-hydrogen) atoms. The Balaban J connectivity index is 1.75. The number of hydrogen-bond donors (Lipinski definition) is 0. The molecule has 0 fully saturated rings. The summed E-state index contributed by atoms with van der Waals surface area (Å²) in [6, 6.07) is 8.85. The van der Waals surface area contributed by atoms with Gasteiger partial charge in [-0.3, -0.25) is 0 Å². The van der Waals surface area contributed by atoms with Gasteiger partial charge in [0.05, 0.1) is 7.57 Å². The fourth-order valence-corrected chi connectivity index (χ4v) is 16.0. The fourth-order valence-electron chi connectivity index (χ4n) is 4.32. The Morgan fingerprint density at radius 3 is 1.37 bits per heavy atom. The van der Waals surface area contributed by atoms with Crippen molar-refractivity contribution in [1.82, 2.24) is 0 Å². The van der Waals surface area contributed by atoms with E-state index in [0.29, 0.717) is 0 Å². The van der Waals surface area contributed by atoms with Crippen LogP contribution >= 0.6 is 77.2 Å². The largest absolute Gasteiger partial charge is 0.133 e. The van der Waals surface area contributed by atoms with Gasteiger partial charge in [0, 0.05) is 29.3 Å². The first-order valence-corrected chi connectivity index (χ1v) is 16.4. The van der Waals surface area contributed by atoms with E-state index >= 15 is 0 Å². The second-order valence-electron chi connectivity index (χ2n) is 7.35. The van der Waals surface area contributed by atoms with Gasteiger partial charge in [0.1, 0.15) is 8.07 Å². The van der Waals surface area contributed by atoms with Gasteiger partial charge in [-0.15, -0.1) is 45.3 Å². The molecule has 5 rings (SSSR count). The van der Waals surface area contributed by atoms with Crippen molar-refractivity contribution in [2.45, 2.75) is 26.9 Å². The molecule has 0 atom stereocenters. The smallest absolute Gasteiger partial charge is 0.116 e. The van der Waals surface area contributed by atoms with E-state index in [0.717, 1.165) is 0 Å². The van der Waals surface area contributed by atoms with Crippen molar-refractivity contribution in [1.29, 1.82) is 0 Å². The van der Waals surface area contributed by atoms with Gasteiger partial charge in [0.15, 0.2) is 0 Å². The lowest BCUT2D eigenvalue weighted by Gasteiger charge is -2.20. The van der Waals surface area contributed by atoms with E-state index in [9.17, 15) is 0 Å². The van der Waals surface area contributed by atoms with E-state index in [1.807, 2.05) is 45.3 Å². The van der Waals surface area contributed by atoms with E-state index in [-0.39, 0.29) is 0 Å². The summed E-state index contributed by atoms with van der Waals surface area (Å²) < 4.78 is 2.42. The Labute approximate surface area is 193 Å². The van der Waals surface area contributed by atoms with Gasteiger partial charge >= 0.3 is 0 Å². The molecule has 0 radical (unpaired) electrons. The molecule has 4 aromatic rings. The molecule has 0 aromatic carbocycles. The molecule has 7 heteroatoms. The maximum Gasteiger partial charge on any atom is 0.116 e. The number of thiophene rings is 4. The van der Waals surface area contributed by atoms with Gasteiger partial charge in [-0.1, -0.05) is 13.1 Å². The maximum atomic E-state index is 3.63. The molecule has 5 heterocycles. The van der Waals surface area contributed by atoms with Gasteiger partial charge in [0.2, 0.25) is 0 Å². The predicted molar refractivity (Wildman–Crippen MR) is 136 cm³/mol. The number of halogens is 2. The van der Waals surface area contributed by atoms with E-state index in [2.05, 4.69) is 83.1 Å². The molecule has 4 aromatic heterocycles. The number of fused-ring (bicyclic) bond motifs is 3. The third-order valence-electron chi connectivity index (χ3n) is 5.34. The molecule has 138 valence electrons. The zero-order chi connectivity index (χ0) is 19.1. The van der Waals surface area contributed by atoms with Crippen LogP contribution in [0.4, 0.5) is 0 Å². The van der Waals surface area contributed by atoms with Crippen molar-refractivity contribution in [3.8, 4) is 29.3 Å². The quantitative estimate of drug-likeness (QED) is 0.213. The second-order valence-corrected chi connectivity index (χ2v) is 18.6.